The van der Waals surface area contributed by atoms with Gasteiger partial charge in [-0.15, -0.1) is 0 Å². The second-order valence-corrected chi connectivity index (χ2v) is 4.64. The average Bonchev–Trinajstić information content (AvgIpc) is 3.00. The topological polar surface area (TPSA) is 60.2 Å². The fourth-order valence-electron chi connectivity index (χ4n) is 2.25. The Morgan fingerprint density at radius 2 is 2.10 bits per heavy atom. The summed E-state index contributed by atoms with van der Waals surface area (Å²) in [6, 6.07) is 7.85. The number of hydrogen-bond donors (Lipinski definition) is 1. The lowest BCUT2D eigenvalue weighted by atomic mass is 10.1. The molecule has 5 heteroatoms. The van der Waals surface area contributed by atoms with E-state index >= 15 is 0 Å². The fourth-order valence-corrected chi connectivity index (χ4v) is 2.25. The van der Waals surface area contributed by atoms with Gasteiger partial charge in [0.15, 0.2) is 0 Å². The van der Waals surface area contributed by atoms with Crippen molar-refractivity contribution in [2.75, 3.05) is 12.4 Å². The van der Waals surface area contributed by atoms with Gasteiger partial charge in [0.05, 0.1) is 19.9 Å². The summed E-state index contributed by atoms with van der Waals surface area (Å²) in [5.41, 5.74) is 0. The summed E-state index contributed by atoms with van der Waals surface area (Å²) < 4.78 is 11.0. The van der Waals surface area contributed by atoms with Crippen LogP contribution in [-0.4, -0.2) is 17.1 Å². The molecule has 0 radical (unpaired) electrons. The highest BCUT2D eigenvalue weighted by molar-refractivity contribution is 5.95. The number of methoxy groups -OCH3 is 1. The van der Waals surface area contributed by atoms with E-state index in [2.05, 4.69) is 15.3 Å². The smallest absolute Gasteiger partial charge is 0.213 e. The maximum Gasteiger partial charge on any atom is 0.213 e. The van der Waals surface area contributed by atoms with Crippen molar-refractivity contribution in [1.29, 1.82) is 0 Å². The van der Waals surface area contributed by atoms with Gasteiger partial charge in [-0.05, 0) is 12.1 Å². The molecule has 3 rings (SSSR count). The number of nitrogens with zero attached hydrogens (tertiary/aromatic N) is 2. The highest BCUT2D eigenvalue weighted by Gasteiger charge is 2.08. The van der Waals surface area contributed by atoms with Crippen molar-refractivity contribution in [1.82, 2.24) is 9.97 Å². The quantitative estimate of drug-likeness (QED) is 0.777. The van der Waals surface area contributed by atoms with Crippen LogP contribution >= 0.6 is 0 Å². The molecule has 0 saturated carbocycles. The van der Waals surface area contributed by atoms with Gasteiger partial charge < -0.3 is 14.5 Å². The molecule has 1 aromatic carbocycles. The van der Waals surface area contributed by atoms with Crippen LogP contribution in [0.1, 0.15) is 18.6 Å². The Kier molecular flexibility index (Phi) is 3.73. The van der Waals surface area contributed by atoms with Crippen molar-refractivity contribution in [3.05, 3.63) is 48.3 Å². The van der Waals surface area contributed by atoms with E-state index in [1.54, 1.807) is 19.5 Å². The fraction of sp³-hybridized carbons (Fsp3) is 0.250. The van der Waals surface area contributed by atoms with Crippen molar-refractivity contribution in [3.8, 4) is 5.75 Å². The molecule has 1 N–H and O–H groups in total. The SMILES string of the molecule is CCc1cnc(CNc2nccc3c(OC)cccc23)o1. The van der Waals surface area contributed by atoms with E-state index in [0.717, 1.165) is 34.5 Å². The largest absolute Gasteiger partial charge is 0.496 e. The van der Waals surface area contributed by atoms with E-state index in [9.17, 15) is 0 Å². The number of nitrogens with one attached hydrogen (secondary N) is 1. The predicted molar refractivity (Wildman–Crippen MR) is 81.5 cm³/mol. The highest BCUT2D eigenvalue weighted by Crippen LogP contribution is 2.29. The van der Waals surface area contributed by atoms with Gasteiger partial charge >= 0.3 is 0 Å². The number of anilines is 1. The monoisotopic (exact) mass is 283 g/mol. The lowest BCUT2D eigenvalue weighted by Gasteiger charge is -2.09. The van der Waals surface area contributed by atoms with Gasteiger partial charge in [-0.3, -0.25) is 0 Å². The first-order valence-corrected chi connectivity index (χ1v) is 6.91. The highest BCUT2D eigenvalue weighted by atomic mass is 16.5. The molecule has 0 fully saturated rings. The van der Waals surface area contributed by atoms with Gasteiger partial charge in [0, 0.05) is 23.4 Å². The molecule has 0 aliphatic heterocycles. The molecule has 0 amide bonds. The Morgan fingerprint density at radius 3 is 2.86 bits per heavy atom. The molecule has 2 heterocycles. The molecule has 0 spiro atoms. The van der Waals surface area contributed by atoms with Crippen LogP contribution < -0.4 is 10.1 Å². The first-order valence-electron chi connectivity index (χ1n) is 6.91. The Balaban J connectivity index is 1.87. The standard InChI is InChI=1S/C16H17N3O2/c1-3-11-9-18-15(21-11)10-19-16-13-5-4-6-14(20-2)12(13)7-8-17-16/h4-9H,3,10H2,1-2H3,(H,17,19). The Bertz CT molecular complexity index is 752. The average molecular weight is 283 g/mol. The summed E-state index contributed by atoms with van der Waals surface area (Å²) in [7, 11) is 1.67. The van der Waals surface area contributed by atoms with E-state index in [1.807, 2.05) is 31.2 Å². The van der Waals surface area contributed by atoms with Crippen molar-refractivity contribution in [2.24, 2.45) is 0 Å². The summed E-state index contributed by atoms with van der Waals surface area (Å²) in [6.45, 7) is 2.54. The number of aryl methyl sites for hydroxylation is 1. The molecule has 0 aliphatic rings. The zero-order valence-electron chi connectivity index (χ0n) is 12.1. The summed E-state index contributed by atoms with van der Waals surface area (Å²) >= 11 is 0. The maximum absolute atomic E-state index is 5.59. The molecule has 0 aliphatic carbocycles. The van der Waals surface area contributed by atoms with Crippen molar-refractivity contribution in [2.45, 2.75) is 19.9 Å². The van der Waals surface area contributed by atoms with E-state index in [4.69, 9.17) is 9.15 Å². The lowest BCUT2D eigenvalue weighted by molar-refractivity contribution is 0.420. The number of ether oxygens (including phenoxy) is 1. The molecular formula is C16H17N3O2. The number of benzene rings is 1. The summed E-state index contributed by atoms with van der Waals surface area (Å²) in [5.74, 6) is 3.18. The minimum Gasteiger partial charge on any atom is -0.496 e. The van der Waals surface area contributed by atoms with Gasteiger partial charge in [0.1, 0.15) is 17.3 Å². The number of hydrogen-bond acceptors (Lipinski definition) is 5. The molecule has 5 nitrogen and oxygen atoms in total. The van der Waals surface area contributed by atoms with Crippen LogP contribution in [0.25, 0.3) is 10.8 Å². The number of rotatable bonds is 5. The van der Waals surface area contributed by atoms with E-state index in [1.165, 1.54) is 0 Å². The van der Waals surface area contributed by atoms with Crippen molar-refractivity contribution >= 4 is 16.6 Å². The van der Waals surface area contributed by atoms with Gasteiger partial charge in [0.25, 0.3) is 0 Å². The maximum atomic E-state index is 5.59. The van der Waals surface area contributed by atoms with Crippen molar-refractivity contribution in [3.63, 3.8) is 0 Å². The first-order chi connectivity index (χ1) is 10.3. The summed E-state index contributed by atoms with van der Waals surface area (Å²) in [5, 5.41) is 5.31. The predicted octanol–water partition coefficient (Wildman–Crippen LogP) is 3.41. The Morgan fingerprint density at radius 1 is 1.19 bits per heavy atom. The van der Waals surface area contributed by atoms with Crippen molar-refractivity contribution < 1.29 is 9.15 Å². The van der Waals surface area contributed by atoms with Crippen LogP contribution in [0.15, 0.2) is 41.1 Å². The molecule has 2 aromatic heterocycles. The third kappa shape index (κ3) is 2.67. The van der Waals surface area contributed by atoms with E-state index in [0.29, 0.717) is 12.4 Å². The zero-order chi connectivity index (χ0) is 14.7. The number of fused-ring (bicyclic) bond motifs is 1. The third-order valence-electron chi connectivity index (χ3n) is 3.34. The Labute approximate surface area is 123 Å². The van der Waals surface area contributed by atoms with E-state index < -0.39 is 0 Å². The normalized spacial score (nSPS) is 10.8. The number of pyridine rings is 1. The molecule has 108 valence electrons. The molecule has 21 heavy (non-hydrogen) atoms. The third-order valence-corrected chi connectivity index (χ3v) is 3.34. The zero-order valence-corrected chi connectivity index (χ0v) is 12.1. The van der Waals surface area contributed by atoms with Crippen LogP contribution in [0.2, 0.25) is 0 Å². The van der Waals surface area contributed by atoms with Crippen LogP contribution in [-0.2, 0) is 13.0 Å². The minimum atomic E-state index is 0.503. The van der Waals surface area contributed by atoms with E-state index in [-0.39, 0.29) is 0 Å². The molecular weight excluding hydrogens is 266 g/mol. The van der Waals surface area contributed by atoms with Crippen LogP contribution in [0.3, 0.4) is 0 Å². The molecule has 0 atom stereocenters. The second-order valence-electron chi connectivity index (χ2n) is 4.64. The first kappa shape index (κ1) is 13.4. The second kappa shape index (κ2) is 5.83. The van der Waals surface area contributed by atoms with Gasteiger partial charge in [-0.2, -0.15) is 0 Å². The van der Waals surface area contributed by atoms with Gasteiger partial charge in [-0.25, -0.2) is 9.97 Å². The van der Waals surface area contributed by atoms with Gasteiger partial charge in [-0.1, -0.05) is 19.1 Å². The molecule has 3 aromatic rings. The molecule has 0 unspecified atom stereocenters. The van der Waals surface area contributed by atoms with Gasteiger partial charge in [0.2, 0.25) is 5.89 Å². The number of oxazole rings is 1. The Hall–Kier alpha value is -2.56. The number of aromatic nitrogens is 2. The summed E-state index contributed by atoms with van der Waals surface area (Å²) in [4.78, 5) is 8.62. The van der Waals surface area contributed by atoms with Crippen LogP contribution in [0.5, 0.6) is 5.75 Å². The molecule has 0 saturated heterocycles. The van der Waals surface area contributed by atoms with Crippen LogP contribution in [0, 0.1) is 0 Å². The lowest BCUT2D eigenvalue weighted by Crippen LogP contribution is -2.02. The molecule has 0 bridgehead atoms. The minimum absolute atomic E-state index is 0.503. The summed E-state index contributed by atoms with van der Waals surface area (Å²) in [6.07, 6.45) is 4.37. The van der Waals surface area contributed by atoms with Crippen LogP contribution in [0.4, 0.5) is 5.82 Å².